The molecule has 0 radical (unpaired) electrons. The number of oxime groups is 1. The first kappa shape index (κ1) is 27.0. The maximum absolute atomic E-state index is 10.8. The minimum Gasteiger partial charge on any atom is -0.478 e. The third kappa shape index (κ3) is 12.4. The molecule has 1 aromatic rings. The van der Waals surface area contributed by atoms with Crippen molar-refractivity contribution in [1.29, 1.82) is 0 Å². The van der Waals surface area contributed by atoms with Crippen LogP contribution in [0, 0.1) is 10.1 Å². The lowest BCUT2D eigenvalue weighted by Crippen LogP contribution is -2.09. The van der Waals surface area contributed by atoms with Gasteiger partial charge in [0.1, 0.15) is 11.6 Å². The molecule has 0 saturated carbocycles. The van der Waals surface area contributed by atoms with Crippen LogP contribution in [0.2, 0.25) is 5.02 Å². The number of nitrogens with two attached hydrogens (primary N) is 1. The Morgan fingerprint density at radius 1 is 1.23 bits per heavy atom. The number of nitro benzene ring substituents is 1. The molecule has 0 aliphatic carbocycles. The lowest BCUT2D eigenvalue weighted by molar-refractivity contribution is -0.384. The number of carboxylic acids is 2. The summed E-state index contributed by atoms with van der Waals surface area (Å²) in [5.74, 6) is -2.51. The molecule has 166 valence electrons. The molecule has 0 amide bonds. The average Bonchev–Trinajstić information content (AvgIpc) is 2.68. The second-order valence-corrected chi connectivity index (χ2v) is 5.95. The van der Waals surface area contributed by atoms with E-state index in [2.05, 4.69) is 5.16 Å². The molecule has 11 nitrogen and oxygen atoms in total. The van der Waals surface area contributed by atoms with Gasteiger partial charge in [-0.25, -0.2) is 9.59 Å². The predicted molar refractivity (Wildman–Crippen MR) is 110 cm³/mol. The smallest absolute Gasteiger partial charge is 0.328 e. The molecule has 4 N–H and O–H groups in total. The molecule has 0 fully saturated rings. The van der Waals surface area contributed by atoms with Crippen molar-refractivity contribution in [2.75, 3.05) is 26.9 Å². The average molecular weight is 446 g/mol. The number of nitro groups is 1. The number of unbranched alkanes of at least 4 members (excludes halogenated alkanes) is 1. The normalized spacial score (nSPS) is 11.0. The number of nitrogens with zero attached hydrogens (tertiary/aromatic N) is 2. The fourth-order valence-corrected chi connectivity index (χ4v) is 2.18. The molecule has 0 atom stereocenters. The van der Waals surface area contributed by atoms with Crippen molar-refractivity contribution in [2.45, 2.75) is 19.3 Å². The highest BCUT2D eigenvalue weighted by molar-refractivity contribution is 6.33. The van der Waals surface area contributed by atoms with Crippen molar-refractivity contribution in [3.8, 4) is 0 Å². The van der Waals surface area contributed by atoms with Gasteiger partial charge in [0.2, 0.25) is 0 Å². The standard InChI is InChI=1S/C14H20ClN3O4.C4H4O4/c1-21-8-3-2-4-13(17-22-9-7-16)11-5-6-14(18(19)20)12(15)10-11;5-3(6)1-2-4(7)8/h5-6,10H,2-4,7-9,16H2,1H3;1-2H,(H,5,6)(H,7,8)/b;2-1+. The molecular formula is C18H24ClN3O8. The van der Waals surface area contributed by atoms with Crippen molar-refractivity contribution < 1.29 is 34.3 Å². The molecule has 0 spiro atoms. The number of methoxy groups -OCH3 is 1. The van der Waals surface area contributed by atoms with Crippen LogP contribution in [-0.4, -0.2) is 59.7 Å². The lowest BCUT2D eigenvalue weighted by atomic mass is 10.0. The molecule has 12 heteroatoms. The second-order valence-electron chi connectivity index (χ2n) is 5.54. The molecule has 0 aliphatic heterocycles. The van der Waals surface area contributed by atoms with Gasteiger partial charge in [0.05, 0.1) is 10.6 Å². The van der Waals surface area contributed by atoms with E-state index < -0.39 is 16.9 Å². The first-order chi connectivity index (χ1) is 14.2. The Bertz CT molecular complexity index is 752. The van der Waals surface area contributed by atoms with E-state index in [1.165, 1.54) is 12.1 Å². The molecule has 30 heavy (non-hydrogen) atoms. The topological polar surface area (TPSA) is 175 Å². The van der Waals surface area contributed by atoms with Crippen LogP contribution in [-0.2, 0) is 19.2 Å². The van der Waals surface area contributed by atoms with Gasteiger partial charge in [-0.15, -0.1) is 0 Å². The number of carboxylic acid groups (broad SMARTS) is 2. The Hall–Kier alpha value is -3.02. The predicted octanol–water partition coefficient (Wildman–Crippen LogP) is 2.46. The highest BCUT2D eigenvalue weighted by atomic mass is 35.5. The first-order valence-corrected chi connectivity index (χ1v) is 9.06. The number of carbonyl (C=O) groups is 2. The van der Waals surface area contributed by atoms with Gasteiger partial charge >= 0.3 is 11.9 Å². The number of benzene rings is 1. The van der Waals surface area contributed by atoms with Crippen LogP contribution in [0.15, 0.2) is 35.5 Å². The van der Waals surface area contributed by atoms with Gasteiger partial charge in [-0.05, 0) is 31.4 Å². The number of rotatable bonds is 12. The summed E-state index contributed by atoms with van der Waals surface area (Å²) in [5, 5.41) is 30.6. The molecule has 0 unspecified atom stereocenters. The second kappa shape index (κ2) is 15.9. The molecule has 0 aromatic heterocycles. The zero-order valence-corrected chi connectivity index (χ0v) is 17.1. The van der Waals surface area contributed by atoms with Gasteiger partial charge in [0.25, 0.3) is 5.69 Å². The summed E-state index contributed by atoms with van der Waals surface area (Å²) in [6, 6.07) is 4.51. The number of hydrogen-bond acceptors (Lipinski definition) is 8. The Morgan fingerprint density at radius 2 is 1.87 bits per heavy atom. The van der Waals surface area contributed by atoms with Gasteiger partial charge in [-0.2, -0.15) is 0 Å². The van der Waals surface area contributed by atoms with Crippen LogP contribution < -0.4 is 5.73 Å². The summed E-state index contributed by atoms with van der Waals surface area (Å²) in [6.07, 6.45) is 3.51. The SMILES string of the molecule is COCCCCC(=NOCCN)c1ccc([N+](=O)[O-])c(Cl)c1.O=C(O)/C=C/C(=O)O. The van der Waals surface area contributed by atoms with Crippen molar-refractivity contribution in [3.05, 3.63) is 51.1 Å². The molecular weight excluding hydrogens is 422 g/mol. The van der Waals surface area contributed by atoms with E-state index in [1.807, 2.05) is 0 Å². The van der Waals surface area contributed by atoms with Crippen LogP contribution in [0.25, 0.3) is 0 Å². The summed E-state index contributed by atoms with van der Waals surface area (Å²) >= 11 is 5.94. The number of aliphatic carboxylic acids is 2. The number of halogens is 1. The maximum Gasteiger partial charge on any atom is 0.328 e. The van der Waals surface area contributed by atoms with Crippen molar-refractivity contribution in [1.82, 2.24) is 0 Å². The van der Waals surface area contributed by atoms with E-state index in [0.29, 0.717) is 49.6 Å². The summed E-state index contributed by atoms with van der Waals surface area (Å²) in [4.78, 5) is 34.5. The van der Waals surface area contributed by atoms with Crippen molar-refractivity contribution in [2.24, 2.45) is 10.9 Å². The molecule has 0 heterocycles. The van der Waals surface area contributed by atoms with Gasteiger partial charge < -0.3 is 25.5 Å². The van der Waals surface area contributed by atoms with Crippen LogP contribution >= 0.6 is 11.6 Å². The van der Waals surface area contributed by atoms with Gasteiger partial charge in [0, 0.05) is 44.0 Å². The molecule has 1 aromatic carbocycles. The molecule has 0 aliphatic rings. The summed E-state index contributed by atoms with van der Waals surface area (Å²) in [7, 11) is 1.65. The first-order valence-electron chi connectivity index (χ1n) is 8.69. The minimum atomic E-state index is -1.26. The largest absolute Gasteiger partial charge is 0.478 e. The Balaban J connectivity index is 0.000000890. The Kier molecular flexibility index (Phi) is 14.3. The van der Waals surface area contributed by atoms with E-state index in [9.17, 15) is 19.7 Å². The van der Waals surface area contributed by atoms with E-state index in [4.69, 9.17) is 37.1 Å². The monoisotopic (exact) mass is 445 g/mol. The van der Waals surface area contributed by atoms with Crippen molar-refractivity contribution >= 4 is 34.9 Å². The summed E-state index contributed by atoms with van der Waals surface area (Å²) in [5.41, 5.74) is 6.61. The fraction of sp³-hybridized carbons (Fsp3) is 0.389. The summed E-state index contributed by atoms with van der Waals surface area (Å²) < 4.78 is 5.01. The number of ether oxygens (including phenoxy) is 1. The van der Waals surface area contributed by atoms with E-state index in [0.717, 1.165) is 12.8 Å². The lowest BCUT2D eigenvalue weighted by Gasteiger charge is -2.08. The third-order valence-corrected chi connectivity index (χ3v) is 3.54. The minimum absolute atomic E-state index is 0.0749. The molecule has 1 rings (SSSR count). The zero-order valence-electron chi connectivity index (χ0n) is 16.3. The Morgan fingerprint density at radius 3 is 2.33 bits per heavy atom. The van der Waals surface area contributed by atoms with Gasteiger partial charge in [0.15, 0.2) is 0 Å². The third-order valence-electron chi connectivity index (χ3n) is 3.24. The van der Waals surface area contributed by atoms with Crippen molar-refractivity contribution in [3.63, 3.8) is 0 Å². The van der Waals surface area contributed by atoms with E-state index >= 15 is 0 Å². The fourth-order valence-electron chi connectivity index (χ4n) is 1.93. The molecule has 0 bridgehead atoms. The van der Waals surface area contributed by atoms with E-state index in [-0.39, 0.29) is 10.7 Å². The van der Waals surface area contributed by atoms with Gasteiger partial charge in [-0.1, -0.05) is 16.8 Å². The quantitative estimate of drug-likeness (QED) is 0.143. The van der Waals surface area contributed by atoms with Crippen LogP contribution in [0.5, 0.6) is 0 Å². The molecule has 0 saturated heterocycles. The van der Waals surface area contributed by atoms with Crippen LogP contribution in [0.4, 0.5) is 5.69 Å². The zero-order chi connectivity index (χ0) is 22.9. The number of hydrogen-bond donors (Lipinski definition) is 3. The summed E-state index contributed by atoms with van der Waals surface area (Å²) in [6.45, 7) is 1.34. The van der Waals surface area contributed by atoms with Crippen LogP contribution in [0.1, 0.15) is 24.8 Å². The van der Waals surface area contributed by atoms with Gasteiger partial charge in [-0.3, -0.25) is 10.1 Å². The maximum atomic E-state index is 10.8. The Labute approximate surface area is 177 Å². The highest BCUT2D eigenvalue weighted by Gasteiger charge is 2.14. The van der Waals surface area contributed by atoms with E-state index in [1.54, 1.807) is 13.2 Å². The highest BCUT2D eigenvalue weighted by Crippen LogP contribution is 2.26. The van der Waals surface area contributed by atoms with Crippen LogP contribution in [0.3, 0.4) is 0 Å².